The molecule has 246 valence electrons. The number of aryl methyl sites for hydroxylation is 1. The zero-order chi connectivity index (χ0) is 32.4. The molecule has 4 aromatic rings. The number of carbonyl (C=O) groups is 1. The number of carbonyl (C=O) groups excluding carboxylic acids is 1. The molecular weight excluding hydrogens is 583 g/mol. The van der Waals surface area contributed by atoms with E-state index < -0.39 is 0 Å². The summed E-state index contributed by atoms with van der Waals surface area (Å²) in [5.41, 5.74) is 6.80. The van der Waals surface area contributed by atoms with Gasteiger partial charge in [-0.1, -0.05) is 66.7 Å². The molecule has 0 aliphatic carbocycles. The van der Waals surface area contributed by atoms with Crippen LogP contribution in [0.1, 0.15) is 58.8 Å². The van der Waals surface area contributed by atoms with E-state index in [4.69, 9.17) is 0 Å². The molecular formula is C41H49FN4O. The number of hydrogen-bond donors (Lipinski definition) is 2. The molecule has 2 heterocycles. The fourth-order valence-corrected chi connectivity index (χ4v) is 7.17. The Bertz CT molecular complexity index is 1600. The molecule has 0 unspecified atom stereocenters. The summed E-state index contributed by atoms with van der Waals surface area (Å²) in [6, 6.07) is 32.7. The molecule has 0 saturated carbocycles. The monoisotopic (exact) mass is 632 g/mol. The number of hydrogen-bond acceptors (Lipinski definition) is 4. The molecule has 1 amide bonds. The van der Waals surface area contributed by atoms with Crippen molar-refractivity contribution in [2.45, 2.75) is 58.2 Å². The fourth-order valence-electron chi connectivity index (χ4n) is 7.17. The number of amides is 1. The summed E-state index contributed by atoms with van der Waals surface area (Å²) in [6.07, 6.45) is 5.10. The summed E-state index contributed by atoms with van der Waals surface area (Å²) in [5.74, 6) is 0.442. The zero-order valence-corrected chi connectivity index (χ0v) is 27.8. The first-order valence-corrected chi connectivity index (χ1v) is 17.5. The van der Waals surface area contributed by atoms with E-state index in [2.05, 4.69) is 71.0 Å². The van der Waals surface area contributed by atoms with Crippen molar-refractivity contribution >= 4 is 5.91 Å². The largest absolute Gasteiger partial charge is 0.334 e. The van der Waals surface area contributed by atoms with E-state index in [9.17, 15) is 4.79 Å². The number of nitrogens with zero attached hydrogens (tertiary/aromatic N) is 2. The van der Waals surface area contributed by atoms with Gasteiger partial charge in [-0.3, -0.25) is 9.69 Å². The van der Waals surface area contributed by atoms with Crippen LogP contribution in [0.15, 0.2) is 97.1 Å². The molecule has 4 aromatic carbocycles. The highest BCUT2D eigenvalue weighted by atomic mass is 19.1. The van der Waals surface area contributed by atoms with Crippen molar-refractivity contribution in [3.8, 4) is 11.1 Å². The van der Waals surface area contributed by atoms with E-state index in [-0.39, 0.29) is 11.7 Å². The minimum atomic E-state index is -0.241. The van der Waals surface area contributed by atoms with E-state index in [1.54, 1.807) is 6.07 Å². The van der Waals surface area contributed by atoms with Gasteiger partial charge in [0.15, 0.2) is 0 Å². The van der Waals surface area contributed by atoms with E-state index >= 15 is 4.39 Å². The minimum absolute atomic E-state index is 0.0309. The van der Waals surface area contributed by atoms with Crippen molar-refractivity contribution in [2.75, 3.05) is 39.3 Å². The molecule has 2 N–H and O–H groups in total. The van der Waals surface area contributed by atoms with Gasteiger partial charge in [0.1, 0.15) is 5.82 Å². The first-order valence-electron chi connectivity index (χ1n) is 17.5. The molecule has 2 saturated heterocycles. The van der Waals surface area contributed by atoms with E-state index in [1.165, 1.54) is 29.5 Å². The highest BCUT2D eigenvalue weighted by Gasteiger charge is 2.20. The maximum absolute atomic E-state index is 15.4. The predicted molar refractivity (Wildman–Crippen MR) is 190 cm³/mol. The van der Waals surface area contributed by atoms with Crippen molar-refractivity contribution in [3.05, 3.63) is 131 Å². The van der Waals surface area contributed by atoms with E-state index in [0.29, 0.717) is 30.6 Å². The van der Waals surface area contributed by atoms with Crippen molar-refractivity contribution < 1.29 is 9.18 Å². The van der Waals surface area contributed by atoms with Crippen molar-refractivity contribution in [1.82, 2.24) is 20.4 Å². The van der Waals surface area contributed by atoms with Gasteiger partial charge in [-0.15, -0.1) is 0 Å². The predicted octanol–water partition coefficient (Wildman–Crippen LogP) is 7.10. The average Bonchev–Trinajstić information content (AvgIpc) is 3.09. The van der Waals surface area contributed by atoms with Crippen LogP contribution < -0.4 is 10.6 Å². The molecule has 5 nitrogen and oxygen atoms in total. The van der Waals surface area contributed by atoms with E-state index in [1.807, 2.05) is 47.4 Å². The molecule has 2 fully saturated rings. The van der Waals surface area contributed by atoms with Crippen molar-refractivity contribution in [2.24, 2.45) is 5.92 Å². The number of piperidine rings is 1. The molecule has 6 rings (SSSR count). The number of benzene rings is 4. The second kappa shape index (κ2) is 16.3. The summed E-state index contributed by atoms with van der Waals surface area (Å²) in [7, 11) is 0. The van der Waals surface area contributed by atoms with Crippen LogP contribution in [0.4, 0.5) is 4.39 Å². The molecule has 2 aliphatic heterocycles. The van der Waals surface area contributed by atoms with Gasteiger partial charge in [0.05, 0.1) is 0 Å². The van der Waals surface area contributed by atoms with Crippen molar-refractivity contribution in [1.29, 1.82) is 0 Å². The van der Waals surface area contributed by atoms with Crippen LogP contribution >= 0.6 is 0 Å². The quantitative estimate of drug-likeness (QED) is 0.175. The van der Waals surface area contributed by atoms with Gasteiger partial charge in [0.25, 0.3) is 5.91 Å². The van der Waals surface area contributed by atoms with Crippen LogP contribution in [0.2, 0.25) is 0 Å². The lowest BCUT2D eigenvalue weighted by molar-refractivity contribution is 0.0741. The van der Waals surface area contributed by atoms with Crippen LogP contribution in [0.3, 0.4) is 0 Å². The first kappa shape index (κ1) is 33.1. The topological polar surface area (TPSA) is 47.6 Å². The Kier molecular flexibility index (Phi) is 11.5. The lowest BCUT2D eigenvalue weighted by Gasteiger charge is -2.31. The van der Waals surface area contributed by atoms with Gasteiger partial charge in [0.2, 0.25) is 0 Å². The molecule has 6 heteroatoms. The second-order valence-corrected chi connectivity index (χ2v) is 13.5. The first-order chi connectivity index (χ1) is 23.0. The standard InChI is InChI=1S/C41H49FN4O/c1-31-28-45(23-21-44-31)29-35-11-6-13-37(26-35)39-27-36(15-16-40(39)42)30-46(22-7-12-32-8-3-2-4-9-32)41(47)38-14-5-10-34(25-38)24-33-17-19-43-20-18-33/h2-6,8-11,13-16,25-27,31,33,43-44H,7,12,17-24,28-30H2,1H3/t31-/m0/s1. The lowest BCUT2D eigenvalue weighted by atomic mass is 9.90. The zero-order valence-electron chi connectivity index (χ0n) is 27.8. The van der Waals surface area contributed by atoms with Crippen molar-refractivity contribution in [3.63, 3.8) is 0 Å². The third-order valence-corrected chi connectivity index (χ3v) is 9.68. The lowest BCUT2D eigenvalue weighted by Crippen LogP contribution is -2.48. The Morgan fingerprint density at radius 1 is 0.851 bits per heavy atom. The molecule has 0 aromatic heterocycles. The van der Waals surface area contributed by atoms with Gasteiger partial charge in [-0.2, -0.15) is 0 Å². The molecule has 0 spiro atoms. The van der Waals surface area contributed by atoms with Gasteiger partial charge < -0.3 is 15.5 Å². The highest BCUT2D eigenvalue weighted by molar-refractivity contribution is 5.94. The minimum Gasteiger partial charge on any atom is -0.334 e. The molecule has 47 heavy (non-hydrogen) atoms. The summed E-state index contributed by atoms with van der Waals surface area (Å²) in [5, 5.41) is 6.95. The third kappa shape index (κ3) is 9.38. The summed E-state index contributed by atoms with van der Waals surface area (Å²) in [4.78, 5) is 18.5. The van der Waals surface area contributed by atoms with Crippen LogP contribution in [-0.2, 0) is 25.9 Å². The number of nitrogens with one attached hydrogen (secondary N) is 2. The van der Waals surface area contributed by atoms with Gasteiger partial charge in [-0.05, 0) is 116 Å². The maximum Gasteiger partial charge on any atom is 0.254 e. The Morgan fingerprint density at radius 2 is 1.64 bits per heavy atom. The summed E-state index contributed by atoms with van der Waals surface area (Å²) < 4.78 is 15.4. The normalized spacial score (nSPS) is 17.4. The molecule has 0 bridgehead atoms. The Labute approximate surface area is 280 Å². The van der Waals surface area contributed by atoms with Gasteiger partial charge in [0, 0.05) is 56.4 Å². The Hall–Kier alpha value is -3.84. The highest BCUT2D eigenvalue weighted by Crippen LogP contribution is 2.27. The van der Waals surface area contributed by atoms with Gasteiger partial charge in [-0.25, -0.2) is 4.39 Å². The summed E-state index contributed by atoms with van der Waals surface area (Å²) >= 11 is 0. The number of piperazine rings is 1. The molecule has 1 atom stereocenters. The van der Waals surface area contributed by atoms with Crippen LogP contribution in [0.5, 0.6) is 0 Å². The molecule has 2 aliphatic rings. The summed E-state index contributed by atoms with van der Waals surface area (Å²) in [6.45, 7) is 9.25. The number of halogens is 1. The Morgan fingerprint density at radius 3 is 2.47 bits per heavy atom. The van der Waals surface area contributed by atoms with Crippen LogP contribution in [0.25, 0.3) is 11.1 Å². The van der Waals surface area contributed by atoms with Crippen LogP contribution in [0, 0.1) is 11.7 Å². The molecule has 0 radical (unpaired) electrons. The van der Waals surface area contributed by atoms with E-state index in [0.717, 1.165) is 75.2 Å². The maximum atomic E-state index is 15.4. The fraction of sp³-hybridized carbons (Fsp3) is 0.390. The second-order valence-electron chi connectivity index (χ2n) is 13.5. The van der Waals surface area contributed by atoms with Crippen LogP contribution in [-0.4, -0.2) is 61.0 Å². The Balaban J connectivity index is 1.20. The third-order valence-electron chi connectivity index (χ3n) is 9.68. The van der Waals surface area contributed by atoms with Gasteiger partial charge >= 0.3 is 0 Å². The average molecular weight is 633 g/mol. The smallest absolute Gasteiger partial charge is 0.254 e. The SMILES string of the molecule is C[C@H]1CN(Cc2cccc(-c3cc(CN(CCCc4ccccc4)C(=O)c4cccc(CC5CCNCC5)c4)ccc3F)c2)CCN1. The number of rotatable bonds is 12.